The average Bonchev–Trinajstić information content (AvgIpc) is 2.09. The molecule has 0 radical (unpaired) electrons. The van der Waals surface area contributed by atoms with E-state index in [1.165, 1.54) is 0 Å². The molecular weight excluding hydrogens is 251 g/mol. The summed E-state index contributed by atoms with van der Waals surface area (Å²) in [5, 5.41) is 0.698. The second kappa shape index (κ2) is 4.68. The largest absolute Gasteiger partial charge is 0.489 e. The van der Waals surface area contributed by atoms with E-state index in [9.17, 15) is 0 Å². The van der Waals surface area contributed by atoms with Crippen LogP contribution in [0.25, 0.3) is 0 Å². The molecule has 0 saturated heterocycles. The zero-order valence-corrected chi connectivity index (χ0v) is 9.65. The summed E-state index contributed by atoms with van der Waals surface area (Å²) in [6.07, 6.45) is 1.71. The third kappa shape index (κ3) is 2.75. The van der Waals surface area contributed by atoms with Crippen LogP contribution in [0.2, 0.25) is 5.02 Å². The van der Waals surface area contributed by atoms with Crippen molar-refractivity contribution in [2.45, 2.75) is 6.92 Å². The van der Waals surface area contributed by atoms with Crippen LogP contribution in [-0.4, -0.2) is 6.61 Å². The van der Waals surface area contributed by atoms with E-state index in [-0.39, 0.29) is 0 Å². The second-order valence-electron chi connectivity index (χ2n) is 2.63. The first-order chi connectivity index (χ1) is 6.15. The zero-order valence-electron chi connectivity index (χ0n) is 7.31. The lowest BCUT2D eigenvalue weighted by atomic mass is 10.2. The van der Waals surface area contributed by atoms with Crippen molar-refractivity contribution in [2.24, 2.45) is 0 Å². The molecule has 0 aliphatic rings. The number of aryl methyl sites for hydroxylation is 1. The van der Waals surface area contributed by atoms with Crippen LogP contribution in [0.1, 0.15) is 5.56 Å². The van der Waals surface area contributed by atoms with Crippen molar-refractivity contribution in [2.75, 3.05) is 6.61 Å². The Labute approximate surface area is 91.5 Å². The normalized spacial score (nSPS) is 9.77. The maximum atomic E-state index is 5.90. The van der Waals surface area contributed by atoms with Crippen molar-refractivity contribution in [3.05, 3.63) is 39.8 Å². The molecule has 0 saturated carbocycles. The highest BCUT2D eigenvalue weighted by Crippen LogP contribution is 2.30. The first kappa shape index (κ1) is 10.6. The fraction of sp³-hybridized carbons (Fsp3) is 0.200. The molecule has 0 heterocycles. The lowest BCUT2D eigenvalue weighted by molar-refractivity contribution is 0.360. The molecule has 1 nitrogen and oxygen atoms in total. The Kier molecular flexibility index (Phi) is 3.82. The van der Waals surface area contributed by atoms with Gasteiger partial charge >= 0.3 is 0 Å². The highest BCUT2D eigenvalue weighted by Gasteiger charge is 2.03. The van der Waals surface area contributed by atoms with Gasteiger partial charge in [-0.1, -0.05) is 24.3 Å². The second-order valence-corrected chi connectivity index (χ2v) is 3.89. The van der Waals surface area contributed by atoms with Crippen molar-refractivity contribution < 1.29 is 4.74 Å². The van der Waals surface area contributed by atoms with Crippen LogP contribution in [0, 0.1) is 6.92 Å². The Morgan fingerprint density at radius 3 is 2.92 bits per heavy atom. The zero-order chi connectivity index (χ0) is 9.84. The summed E-state index contributed by atoms with van der Waals surface area (Å²) in [5.41, 5.74) is 1.02. The van der Waals surface area contributed by atoms with Crippen LogP contribution in [-0.2, 0) is 0 Å². The lowest BCUT2D eigenvalue weighted by Gasteiger charge is -2.08. The SMILES string of the molecule is C=CCOc1cc(Br)c(Cl)cc1C. The van der Waals surface area contributed by atoms with Crippen LogP contribution >= 0.6 is 27.5 Å². The number of hydrogen-bond acceptors (Lipinski definition) is 1. The number of ether oxygens (including phenoxy) is 1. The van der Waals surface area contributed by atoms with Crippen LogP contribution in [0.15, 0.2) is 29.3 Å². The van der Waals surface area contributed by atoms with E-state index < -0.39 is 0 Å². The van der Waals surface area contributed by atoms with Gasteiger partial charge in [0.15, 0.2) is 0 Å². The predicted octanol–water partition coefficient (Wildman–Crippen LogP) is 3.98. The molecule has 0 aliphatic carbocycles. The molecule has 13 heavy (non-hydrogen) atoms. The molecule has 0 spiro atoms. The molecule has 0 unspecified atom stereocenters. The molecule has 0 amide bonds. The number of rotatable bonds is 3. The summed E-state index contributed by atoms with van der Waals surface area (Å²) in [5.74, 6) is 0.830. The number of halogens is 2. The first-order valence-electron chi connectivity index (χ1n) is 3.84. The van der Waals surface area contributed by atoms with Crippen molar-refractivity contribution in [3.63, 3.8) is 0 Å². The fourth-order valence-electron chi connectivity index (χ4n) is 0.932. The Hall–Kier alpha value is -0.470. The molecule has 0 N–H and O–H groups in total. The monoisotopic (exact) mass is 260 g/mol. The van der Waals surface area contributed by atoms with Crippen LogP contribution < -0.4 is 4.74 Å². The Balaban J connectivity index is 2.94. The fourth-order valence-corrected chi connectivity index (χ4v) is 1.47. The standard InChI is InChI=1S/C10H10BrClO/c1-3-4-13-10-6-8(11)9(12)5-7(10)2/h3,5-6H,1,4H2,2H3. The molecule has 1 rings (SSSR count). The maximum Gasteiger partial charge on any atom is 0.123 e. The molecule has 3 heteroatoms. The molecule has 0 aromatic heterocycles. The summed E-state index contributed by atoms with van der Waals surface area (Å²) in [7, 11) is 0. The molecule has 1 aromatic rings. The third-order valence-electron chi connectivity index (χ3n) is 1.57. The summed E-state index contributed by atoms with van der Waals surface area (Å²) in [4.78, 5) is 0. The van der Waals surface area contributed by atoms with Gasteiger partial charge in [-0.05, 0) is 40.5 Å². The minimum absolute atomic E-state index is 0.509. The topological polar surface area (TPSA) is 9.23 Å². The summed E-state index contributed by atoms with van der Waals surface area (Å²) in [6, 6.07) is 3.73. The van der Waals surface area contributed by atoms with Crippen molar-refractivity contribution in [3.8, 4) is 5.75 Å². The third-order valence-corrected chi connectivity index (χ3v) is 2.77. The van der Waals surface area contributed by atoms with E-state index in [0.717, 1.165) is 15.8 Å². The quantitative estimate of drug-likeness (QED) is 0.748. The Morgan fingerprint density at radius 1 is 1.62 bits per heavy atom. The van der Waals surface area contributed by atoms with Gasteiger partial charge in [0, 0.05) is 4.47 Å². The van der Waals surface area contributed by atoms with Gasteiger partial charge in [-0.2, -0.15) is 0 Å². The van der Waals surface area contributed by atoms with Crippen molar-refractivity contribution >= 4 is 27.5 Å². The van der Waals surface area contributed by atoms with Gasteiger partial charge in [-0.3, -0.25) is 0 Å². The van der Waals surface area contributed by atoms with Crippen molar-refractivity contribution in [1.29, 1.82) is 0 Å². The minimum atomic E-state index is 0.509. The summed E-state index contributed by atoms with van der Waals surface area (Å²) >= 11 is 9.23. The van der Waals surface area contributed by atoms with Gasteiger partial charge < -0.3 is 4.74 Å². The highest BCUT2D eigenvalue weighted by molar-refractivity contribution is 9.10. The van der Waals surface area contributed by atoms with E-state index in [4.69, 9.17) is 16.3 Å². The molecular formula is C10H10BrClO. The Bertz CT molecular complexity index is 323. The van der Waals surface area contributed by atoms with Gasteiger partial charge in [0.05, 0.1) is 5.02 Å². The summed E-state index contributed by atoms with van der Waals surface area (Å²) in [6.45, 7) is 6.05. The number of benzene rings is 1. The van der Waals surface area contributed by atoms with Crippen LogP contribution in [0.4, 0.5) is 0 Å². The van der Waals surface area contributed by atoms with E-state index in [0.29, 0.717) is 11.6 Å². The predicted molar refractivity (Wildman–Crippen MR) is 59.6 cm³/mol. The highest BCUT2D eigenvalue weighted by atomic mass is 79.9. The first-order valence-corrected chi connectivity index (χ1v) is 5.01. The van der Waals surface area contributed by atoms with E-state index in [1.54, 1.807) is 6.08 Å². The molecule has 0 aliphatic heterocycles. The van der Waals surface area contributed by atoms with Gasteiger partial charge in [-0.15, -0.1) is 0 Å². The smallest absolute Gasteiger partial charge is 0.123 e. The maximum absolute atomic E-state index is 5.90. The van der Waals surface area contributed by atoms with E-state index >= 15 is 0 Å². The van der Waals surface area contributed by atoms with Gasteiger partial charge in [0.25, 0.3) is 0 Å². The minimum Gasteiger partial charge on any atom is -0.489 e. The Morgan fingerprint density at radius 2 is 2.31 bits per heavy atom. The van der Waals surface area contributed by atoms with Gasteiger partial charge in [0.1, 0.15) is 12.4 Å². The van der Waals surface area contributed by atoms with Gasteiger partial charge in [-0.25, -0.2) is 0 Å². The van der Waals surface area contributed by atoms with Crippen molar-refractivity contribution in [1.82, 2.24) is 0 Å². The molecule has 0 bridgehead atoms. The van der Waals surface area contributed by atoms with Crippen LogP contribution in [0.3, 0.4) is 0 Å². The molecule has 1 aromatic carbocycles. The molecule has 0 fully saturated rings. The lowest BCUT2D eigenvalue weighted by Crippen LogP contribution is -1.95. The average molecular weight is 262 g/mol. The summed E-state index contributed by atoms with van der Waals surface area (Å²) < 4.78 is 6.26. The molecule has 0 atom stereocenters. The van der Waals surface area contributed by atoms with E-state index in [2.05, 4.69) is 22.5 Å². The molecule has 70 valence electrons. The van der Waals surface area contributed by atoms with Crippen LogP contribution in [0.5, 0.6) is 5.75 Å². The van der Waals surface area contributed by atoms with E-state index in [1.807, 2.05) is 19.1 Å². The van der Waals surface area contributed by atoms with Gasteiger partial charge in [0.2, 0.25) is 0 Å². The number of hydrogen-bond donors (Lipinski definition) is 0.